The first-order valence-electron chi connectivity index (χ1n) is 5.47. The molecule has 1 heterocycles. The predicted octanol–water partition coefficient (Wildman–Crippen LogP) is 4.37. The predicted molar refractivity (Wildman–Crippen MR) is 77.9 cm³/mol. The van der Waals surface area contributed by atoms with E-state index in [1.54, 1.807) is 7.11 Å². The van der Waals surface area contributed by atoms with Gasteiger partial charge in [-0.2, -0.15) is 0 Å². The van der Waals surface area contributed by atoms with E-state index in [1.807, 2.05) is 37.4 Å². The van der Waals surface area contributed by atoms with Crippen LogP contribution >= 0.6 is 27.3 Å². The van der Waals surface area contributed by atoms with Gasteiger partial charge in [0.05, 0.1) is 16.5 Å². The Morgan fingerprint density at radius 1 is 1.28 bits per heavy atom. The summed E-state index contributed by atoms with van der Waals surface area (Å²) in [6.07, 6.45) is 0. The quantitative estimate of drug-likeness (QED) is 0.784. The zero-order chi connectivity index (χ0) is 13.3. The molecule has 0 aliphatic heterocycles. The lowest BCUT2D eigenvalue weighted by Gasteiger charge is -2.11. The van der Waals surface area contributed by atoms with Gasteiger partial charge in [0.1, 0.15) is 5.75 Å². The second kappa shape index (κ2) is 5.24. The summed E-state index contributed by atoms with van der Waals surface area (Å²) in [5.74, 6) is 0.645. The van der Waals surface area contributed by atoms with Crippen LogP contribution in [0, 0.1) is 13.8 Å². The average molecular weight is 325 g/mol. The van der Waals surface area contributed by atoms with Crippen LogP contribution in [0.3, 0.4) is 0 Å². The van der Waals surface area contributed by atoms with Crippen LogP contribution in [0.25, 0.3) is 0 Å². The third kappa shape index (κ3) is 2.49. The van der Waals surface area contributed by atoms with Crippen molar-refractivity contribution in [3.05, 3.63) is 49.6 Å². The number of hydrogen-bond acceptors (Lipinski definition) is 3. The highest BCUT2D eigenvalue weighted by Gasteiger charge is 2.18. The number of halogens is 1. The molecular formula is C14H13BrO2S. The highest BCUT2D eigenvalue weighted by atomic mass is 79.9. The minimum atomic E-state index is 0.00583. The molecule has 1 aromatic carbocycles. The summed E-state index contributed by atoms with van der Waals surface area (Å²) in [6, 6.07) is 5.73. The van der Waals surface area contributed by atoms with Crippen molar-refractivity contribution in [2.45, 2.75) is 13.8 Å². The van der Waals surface area contributed by atoms with Gasteiger partial charge >= 0.3 is 0 Å². The number of ether oxygens (including phenoxy) is 1. The van der Waals surface area contributed by atoms with Gasteiger partial charge in [-0.15, -0.1) is 11.3 Å². The molecule has 2 aromatic rings. The third-order valence-electron chi connectivity index (χ3n) is 2.72. The van der Waals surface area contributed by atoms with E-state index in [4.69, 9.17) is 4.74 Å². The molecule has 2 nitrogen and oxygen atoms in total. The lowest BCUT2D eigenvalue weighted by Crippen LogP contribution is -2.06. The van der Waals surface area contributed by atoms with E-state index in [9.17, 15) is 4.79 Å². The number of methoxy groups -OCH3 is 1. The molecule has 0 amide bonds. The van der Waals surface area contributed by atoms with Gasteiger partial charge < -0.3 is 4.74 Å². The molecule has 0 saturated heterocycles. The fourth-order valence-corrected chi connectivity index (χ4v) is 3.09. The largest absolute Gasteiger partial charge is 0.496 e. The fraction of sp³-hybridized carbons (Fsp3) is 0.214. The van der Waals surface area contributed by atoms with Crippen LogP contribution in [0.5, 0.6) is 5.75 Å². The second-order valence-corrected chi connectivity index (χ2v) is 6.42. The lowest BCUT2D eigenvalue weighted by molar-refractivity contribution is 0.103. The Kier molecular flexibility index (Phi) is 3.88. The number of hydrogen-bond donors (Lipinski definition) is 0. The Bertz CT molecular complexity index is 602. The molecule has 94 valence electrons. The molecule has 0 spiro atoms. The molecule has 0 aliphatic carbocycles. The standard InChI is InChI=1S/C14H13BrO2S/c1-8-4-9(2)13(11(5-8)17-3)14(16)10-6-12(15)18-7-10/h4-7H,1-3H3. The molecule has 0 aliphatic rings. The Morgan fingerprint density at radius 2 is 2.00 bits per heavy atom. The maximum Gasteiger partial charge on any atom is 0.197 e. The van der Waals surface area contributed by atoms with E-state index < -0.39 is 0 Å². The number of ketones is 1. The van der Waals surface area contributed by atoms with E-state index >= 15 is 0 Å². The molecule has 0 bridgehead atoms. The first-order valence-corrected chi connectivity index (χ1v) is 7.14. The van der Waals surface area contributed by atoms with Crippen molar-refractivity contribution in [3.63, 3.8) is 0 Å². The van der Waals surface area contributed by atoms with Crippen LogP contribution in [0.4, 0.5) is 0 Å². The summed E-state index contributed by atoms with van der Waals surface area (Å²) in [7, 11) is 1.59. The summed E-state index contributed by atoms with van der Waals surface area (Å²) in [5, 5.41) is 1.85. The van der Waals surface area contributed by atoms with Gasteiger partial charge in [-0.25, -0.2) is 0 Å². The molecule has 0 atom stereocenters. The Morgan fingerprint density at radius 3 is 2.56 bits per heavy atom. The molecule has 1 aromatic heterocycles. The first kappa shape index (κ1) is 13.3. The number of rotatable bonds is 3. The molecular weight excluding hydrogens is 312 g/mol. The number of carbonyl (C=O) groups excluding carboxylic acids is 1. The number of benzene rings is 1. The fourth-order valence-electron chi connectivity index (χ4n) is 1.95. The molecule has 0 fully saturated rings. The van der Waals surface area contributed by atoms with Gasteiger partial charge in [0.15, 0.2) is 5.78 Å². The van der Waals surface area contributed by atoms with Crippen molar-refractivity contribution in [2.75, 3.05) is 7.11 Å². The zero-order valence-electron chi connectivity index (χ0n) is 10.4. The van der Waals surface area contributed by atoms with Gasteiger partial charge in [-0.3, -0.25) is 4.79 Å². The summed E-state index contributed by atoms with van der Waals surface area (Å²) in [6.45, 7) is 3.93. The summed E-state index contributed by atoms with van der Waals surface area (Å²) in [4.78, 5) is 12.5. The summed E-state index contributed by atoms with van der Waals surface area (Å²) >= 11 is 4.88. The maximum atomic E-state index is 12.5. The highest BCUT2D eigenvalue weighted by molar-refractivity contribution is 9.11. The Balaban J connectivity index is 2.54. The summed E-state index contributed by atoms with van der Waals surface area (Å²) < 4.78 is 6.28. The Hall–Kier alpha value is -1.13. The normalized spacial score (nSPS) is 10.4. The maximum absolute atomic E-state index is 12.5. The lowest BCUT2D eigenvalue weighted by atomic mass is 9.98. The van der Waals surface area contributed by atoms with E-state index in [2.05, 4.69) is 15.9 Å². The molecule has 0 N–H and O–H groups in total. The monoisotopic (exact) mass is 324 g/mol. The van der Waals surface area contributed by atoms with E-state index in [-0.39, 0.29) is 5.78 Å². The number of aryl methyl sites for hydroxylation is 2. The van der Waals surface area contributed by atoms with E-state index in [1.165, 1.54) is 11.3 Å². The molecule has 2 rings (SSSR count). The van der Waals surface area contributed by atoms with Crippen molar-refractivity contribution in [1.82, 2.24) is 0 Å². The zero-order valence-corrected chi connectivity index (χ0v) is 12.8. The Labute approximate surface area is 119 Å². The number of carbonyl (C=O) groups is 1. The SMILES string of the molecule is COc1cc(C)cc(C)c1C(=O)c1csc(Br)c1. The van der Waals surface area contributed by atoms with Gasteiger partial charge in [-0.05, 0) is 53.0 Å². The van der Waals surface area contributed by atoms with Crippen molar-refractivity contribution in [2.24, 2.45) is 0 Å². The minimum Gasteiger partial charge on any atom is -0.496 e. The van der Waals surface area contributed by atoms with Crippen molar-refractivity contribution in [3.8, 4) is 5.75 Å². The molecule has 0 radical (unpaired) electrons. The van der Waals surface area contributed by atoms with Gasteiger partial charge in [0.2, 0.25) is 0 Å². The number of thiophene rings is 1. The second-order valence-electron chi connectivity index (χ2n) is 4.13. The van der Waals surface area contributed by atoms with Crippen LogP contribution in [0.1, 0.15) is 27.0 Å². The topological polar surface area (TPSA) is 26.3 Å². The third-order valence-corrected chi connectivity index (χ3v) is 4.22. The molecule has 0 unspecified atom stereocenters. The van der Waals surface area contributed by atoms with Crippen LogP contribution in [0.15, 0.2) is 27.4 Å². The van der Waals surface area contributed by atoms with Crippen LogP contribution < -0.4 is 4.74 Å². The molecule has 4 heteroatoms. The average Bonchev–Trinajstić information content (AvgIpc) is 2.74. The minimum absolute atomic E-state index is 0.00583. The van der Waals surface area contributed by atoms with Crippen molar-refractivity contribution in [1.29, 1.82) is 0 Å². The van der Waals surface area contributed by atoms with Gasteiger partial charge in [0.25, 0.3) is 0 Å². The first-order chi connectivity index (χ1) is 8.52. The van der Waals surface area contributed by atoms with Gasteiger partial charge in [0, 0.05) is 10.9 Å². The van der Waals surface area contributed by atoms with E-state index in [0.717, 1.165) is 14.9 Å². The molecule has 0 saturated carbocycles. The van der Waals surface area contributed by atoms with Crippen LogP contribution in [0.2, 0.25) is 0 Å². The highest BCUT2D eigenvalue weighted by Crippen LogP contribution is 2.29. The van der Waals surface area contributed by atoms with Crippen LogP contribution in [-0.4, -0.2) is 12.9 Å². The van der Waals surface area contributed by atoms with Gasteiger partial charge in [-0.1, -0.05) is 6.07 Å². The van der Waals surface area contributed by atoms with Crippen molar-refractivity contribution < 1.29 is 9.53 Å². The van der Waals surface area contributed by atoms with Crippen LogP contribution in [-0.2, 0) is 0 Å². The molecule has 18 heavy (non-hydrogen) atoms. The van der Waals surface area contributed by atoms with Crippen molar-refractivity contribution >= 4 is 33.0 Å². The summed E-state index contributed by atoms with van der Waals surface area (Å²) in [5.41, 5.74) is 3.37. The van der Waals surface area contributed by atoms with E-state index in [0.29, 0.717) is 16.9 Å². The smallest absolute Gasteiger partial charge is 0.197 e.